The van der Waals surface area contributed by atoms with Crippen molar-refractivity contribution in [2.45, 2.75) is 45.3 Å². The van der Waals surface area contributed by atoms with Gasteiger partial charge in [0.05, 0.1) is 27.5 Å². The van der Waals surface area contributed by atoms with E-state index in [0.29, 0.717) is 46.1 Å². The fourth-order valence-corrected chi connectivity index (χ4v) is 4.13. The van der Waals surface area contributed by atoms with Crippen molar-refractivity contribution in [2.24, 2.45) is 5.73 Å². The molecule has 30 heavy (non-hydrogen) atoms. The summed E-state index contributed by atoms with van der Waals surface area (Å²) in [6.07, 6.45) is 2.10. The molecule has 1 unspecified atom stereocenters. The molecule has 0 saturated heterocycles. The van der Waals surface area contributed by atoms with Crippen LogP contribution in [0.1, 0.15) is 39.1 Å². The van der Waals surface area contributed by atoms with E-state index >= 15 is 0 Å². The molecule has 1 atom stereocenters. The van der Waals surface area contributed by atoms with Crippen LogP contribution in [0.2, 0.25) is 5.02 Å². The topological polar surface area (TPSA) is 112 Å². The van der Waals surface area contributed by atoms with Gasteiger partial charge in [0.25, 0.3) is 5.56 Å². The third-order valence-electron chi connectivity index (χ3n) is 4.82. The molecule has 0 fully saturated rings. The number of nitrogens with two attached hydrogens (primary N) is 1. The van der Waals surface area contributed by atoms with Crippen molar-refractivity contribution in [3.63, 3.8) is 0 Å². The molecule has 0 aliphatic rings. The molecule has 4 rings (SSSR count). The van der Waals surface area contributed by atoms with Gasteiger partial charge in [-0.3, -0.25) is 9.36 Å². The average Bonchev–Trinajstić information content (AvgIpc) is 3.16. The first-order valence-electron chi connectivity index (χ1n) is 9.53. The summed E-state index contributed by atoms with van der Waals surface area (Å²) in [5.41, 5.74) is 8.54. The van der Waals surface area contributed by atoms with Gasteiger partial charge < -0.3 is 11.1 Å². The normalized spacial score (nSPS) is 13.1. The molecule has 0 radical (unpaired) electrons. The molecule has 4 aromatic rings. The molecule has 0 spiro atoms. The highest BCUT2D eigenvalue weighted by molar-refractivity contribution is 7.16. The van der Waals surface area contributed by atoms with Crippen LogP contribution in [0, 0.1) is 0 Å². The van der Waals surface area contributed by atoms with Gasteiger partial charge in [-0.1, -0.05) is 17.7 Å². The maximum atomic E-state index is 13.3. The fourth-order valence-electron chi connectivity index (χ4n) is 3.26. The standard InChI is InChI=1S/C20H22ClN7OS/c1-11(26-16-15-18(24-9-23-16)30-10-25-15)17-27-13-6-4-5-12(21)14(13)19(29)28(17)8-7-20(2,3)22/h4-6,9-11H,7-8,22H2,1-3H3,(H,23,24,26). The van der Waals surface area contributed by atoms with Crippen LogP contribution in [0.3, 0.4) is 0 Å². The van der Waals surface area contributed by atoms with Crippen LogP contribution in [-0.2, 0) is 6.54 Å². The lowest BCUT2D eigenvalue weighted by molar-refractivity contribution is 0.422. The molecule has 3 heterocycles. The lowest BCUT2D eigenvalue weighted by atomic mass is 10.0. The van der Waals surface area contributed by atoms with Gasteiger partial charge in [0.15, 0.2) is 5.82 Å². The number of aromatic nitrogens is 5. The Labute approximate surface area is 182 Å². The number of hydrogen-bond donors (Lipinski definition) is 2. The zero-order chi connectivity index (χ0) is 21.5. The van der Waals surface area contributed by atoms with Crippen LogP contribution >= 0.6 is 22.9 Å². The summed E-state index contributed by atoms with van der Waals surface area (Å²) < 4.78 is 1.65. The van der Waals surface area contributed by atoms with Gasteiger partial charge >= 0.3 is 0 Å². The summed E-state index contributed by atoms with van der Waals surface area (Å²) >= 11 is 7.76. The second-order valence-corrected chi connectivity index (χ2v) is 9.13. The molecule has 0 amide bonds. The first kappa shape index (κ1) is 20.6. The summed E-state index contributed by atoms with van der Waals surface area (Å²) in [6, 6.07) is 4.96. The van der Waals surface area contributed by atoms with Crippen LogP contribution in [0.15, 0.2) is 34.8 Å². The number of hydrogen-bond acceptors (Lipinski definition) is 8. The van der Waals surface area contributed by atoms with E-state index in [9.17, 15) is 4.79 Å². The first-order valence-corrected chi connectivity index (χ1v) is 10.8. The molecule has 3 aromatic heterocycles. The number of fused-ring (bicyclic) bond motifs is 2. The molecule has 0 aliphatic carbocycles. The second kappa shape index (κ2) is 7.90. The lowest BCUT2D eigenvalue weighted by Crippen LogP contribution is -2.36. The van der Waals surface area contributed by atoms with Crippen LogP contribution < -0.4 is 16.6 Å². The van der Waals surface area contributed by atoms with E-state index in [-0.39, 0.29) is 11.6 Å². The van der Waals surface area contributed by atoms with Crippen LogP contribution in [0.4, 0.5) is 5.82 Å². The highest BCUT2D eigenvalue weighted by Crippen LogP contribution is 2.26. The molecular weight excluding hydrogens is 422 g/mol. The number of benzene rings is 1. The van der Waals surface area contributed by atoms with Gasteiger partial charge in [-0.15, -0.1) is 11.3 Å². The highest BCUT2D eigenvalue weighted by Gasteiger charge is 2.21. The summed E-state index contributed by atoms with van der Waals surface area (Å²) in [5, 5.41) is 4.14. The predicted octanol–water partition coefficient (Wildman–Crippen LogP) is 3.75. The summed E-state index contributed by atoms with van der Waals surface area (Å²) in [7, 11) is 0. The van der Waals surface area contributed by atoms with Crippen LogP contribution in [0.25, 0.3) is 21.3 Å². The number of thiazole rings is 1. The molecule has 8 nitrogen and oxygen atoms in total. The lowest BCUT2D eigenvalue weighted by Gasteiger charge is -2.23. The van der Waals surface area contributed by atoms with Crippen molar-refractivity contribution >= 4 is 50.0 Å². The van der Waals surface area contributed by atoms with Gasteiger partial charge in [0.2, 0.25) is 0 Å². The van der Waals surface area contributed by atoms with Crippen molar-refractivity contribution < 1.29 is 0 Å². The minimum Gasteiger partial charge on any atom is -0.358 e. The Hall–Kier alpha value is -2.62. The maximum Gasteiger partial charge on any atom is 0.262 e. The van der Waals surface area contributed by atoms with E-state index in [1.807, 2.05) is 20.8 Å². The number of nitrogens with zero attached hydrogens (tertiary/aromatic N) is 5. The smallest absolute Gasteiger partial charge is 0.262 e. The Morgan fingerprint density at radius 1 is 1.30 bits per heavy atom. The molecule has 1 aromatic carbocycles. The summed E-state index contributed by atoms with van der Waals surface area (Å²) in [6.45, 7) is 6.22. The Morgan fingerprint density at radius 2 is 2.10 bits per heavy atom. The Kier molecular flexibility index (Phi) is 5.44. The predicted molar refractivity (Wildman–Crippen MR) is 121 cm³/mol. The Morgan fingerprint density at radius 3 is 2.87 bits per heavy atom. The molecular formula is C20H22ClN7OS. The second-order valence-electron chi connectivity index (χ2n) is 7.89. The number of halogens is 1. The van der Waals surface area contributed by atoms with Crippen LogP contribution in [-0.4, -0.2) is 30.0 Å². The first-order chi connectivity index (χ1) is 14.2. The largest absolute Gasteiger partial charge is 0.358 e. The van der Waals surface area contributed by atoms with Crippen LogP contribution in [0.5, 0.6) is 0 Å². The molecule has 3 N–H and O–H groups in total. The monoisotopic (exact) mass is 443 g/mol. The highest BCUT2D eigenvalue weighted by atomic mass is 35.5. The van der Waals surface area contributed by atoms with Gasteiger partial charge in [0, 0.05) is 12.1 Å². The third kappa shape index (κ3) is 4.00. The summed E-state index contributed by atoms with van der Waals surface area (Å²) in [4.78, 5) is 31.8. The van der Waals surface area contributed by atoms with E-state index in [4.69, 9.17) is 22.3 Å². The zero-order valence-electron chi connectivity index (χ0n) is 16.9. The minimum atomic E-state index is -0.428. The number of nitrogens with one attached hydrogen (secondary N) is 1. The van der Waals surface area contributed by atoms with Crippen molar-refractivity contribution in [3.8, 4) is 0 Å². The third-order valence-corrected chi connectivity index (χ3v) is 5.87. The quantitative estimate of drug-likeness (QED) is 0.466. The maximum absolute atomic E-state index is 13.3. The summed E-state index contributed by atoms with van der Waals surface area (Å²) in [5.74, 6) is 1.18. The van der Waals surface area contributed by atoms with Crippen molar-refractivity contribution in [1.82, 2.24) is 24.5 Å². The van der Waals surface area contributed by atoms with Crippen molar-refractivity contribution in [2.75, 3.05) is 5.32 Å². The Bertz CT molecular complexity index is 1280. The SMILES string of the molecule is CC(Nc1ncnc2scnc12)c1nc2cccc(Cl)c2c(=O)n1CCC(C)(C)N. The molecule has 10 heteroatoms. The van der Waals surface area contributed by atoms with E-state index in [0.717, 1.165) is 4.83 Å². The zero-order valence-corrected chi connectivity index (χ0v) is 18.5. The average molecular weight is 444 g/mol. The van der Waals surface area contributed by atoms with E-state index in [1.165, 1.54) is 17.7 Å². The molecule has 0 bridgehead atoms. The minimum absolute atomic E-state index is 0.181. The number of anilines is 1. The van der Waals surface area contributed by atoms with E-state index in [2.05, 4.69) is 20.3 Å². The number of rotatable bonds is 6. The van der Waals surface area contributed by atoms with Gasteiger partial charge in [0.1, 0.15) is 22.5 Å². The van der Waals surface area contributed by atoms with Gasteiger partial charge in [-0.05, 0) is 39.3 Å². The fraction of sp³-hybridized carbons (Fsp3) is 0.350. The van der Waals surface area contributed by atoms with Gasteiger partial charge in [-0.2, -0.15) is 0 Å². The van der Waals surface area contributed by atoms with Crippen molar-refractivity contribution in [1.29, 1.82) is 0 Å². The van der Waals surface area contributed by atoms with E-state index < -0.39 is 5.54 Å². The molecule has 156 valence electrons. The molecule has 0 aliphatic heterocycles. The Balaban J connectivity index is 1.81. The van der Waals surface area contributed by atoms with E-state index in [1.54, 1.807) is 28.3 Å². The molecule has 0 saturated carbocycles. The van der Waals surface area contributed by atoms with Crippen molar-refractivity contribution in [3.05, 3.63) is 51.2 Å². The van der Waals surface area contributed by atoms with Gasteiger partial charge in [-0.25, -0.2) is 19.9 Å².